The van der Waals surface area contributed by atoms with E-state index in [1.165, 1.54) is 12.1 Å². The van der Waals surface area contributed by atoms with Crippen molar-refractivity contribution in [3.05, 3.63) is 35.4 Å². The van der Waals surface area contributed by atoms with Gasteiger partial charge in [-0.1, -0.05) is 0 Å². The predicted molar refractivity (Wildman–Crippen MR) is 72.4 cm³/mol. The van der Waals surface area contributed by atoms with Crippen LogP contribution in [0, 0.1) is 11.6 Å². The van der Waals surface area contributed by atoms with E-state index in [2.05, 4.69) is 5.32 Å². The fraction of sp³-hybridized carbons (Fsp3) is 0.533. The summed E-state index contributed by atoms with van der Waals surface area (Å²) in [7, 11) is 0. The molecule has 0 aliphatic carbocycles. The van der Waals surface area contributed by atoms with Crippen LogP contribution in [-0.4, -0.2) is 36.6 Å². The second-order valence-corrected chi connectivity index (χ2v) is 5.48. The van der Waals surface area contributed by atoms with E-state index in [0.717, 1.165) is 25.3 Å². The third kappa shape index (κ3) is 3.06. The lowest BCUT2D eigenvalue weighted by molar-refractivity contribution is -0.130. The molecule has 2 saturated heterocycles. The normalized spacial score (nSPS) is 26.4. The lowest BCUT2D eigenvalue weighted by Gasteiger charge is -2.31. The molecule has 0 aromatic heterocycles. The number of benzene rings is 1. The van der Waals surface area contributed by atoms with Crippen LogP contribution < -0.4 is 5.32 Å². The first-order chi connectivity index (χ1) is 10.1. The minimum absolute atomic E-state index is 0.00592. The van der Waals surface area contributed by atoms with Crippen molar-refractivity contribution in [1.82, 2.24) is 10.2 Å². The zero-order chi connectivity index (χ0) is 14.8. The SMILES string of the molecule is O=C1CNC(c2ccc(F)cc2F)N1CC1CCCCO1. The molecule has 2 heterocycles. The molecule has 0 radical (unpaired) electrons. The Morgan fingerprint density at radius 1 is 1.33 bits per heavy atom. The third-order valence-corrected chi connectivity index (χ3v) is 4.01. The first kappa shape index (κ1) is 14.4. The van der Waals surface area contributed by atoms with E-state index in [0.29, 0.717) is 13.2 Å². The summed E-state index contributed by atoms with van der Waals surface area (Å²) in [6.07, 6.45) is 2.47. The van der Waals surface area contributed by atoms with Crippen molar-refractivity contribution in [1.29, 1.82) is 0 Å². The molecular weight excluding hydrogens is 278 g/mol. The van der Waals surface area contributed by atoms with Crippen LogP contribution in [-0.2, 0) is 9.53 Å². The van der Waals surface area contributed by atoms with Crippen LogP contribution in [0.15, 0.2) is 18.2 Å². The van der Waals surface area contributed by atoms with Gasteiger partial charge >= 0.3 is 0 Å². The van der Waals surface area contributed by atoms with Gasteiger partial charge in [0, 0.05) is 24.8 Å². The standard InChI is InChI=1S/C15H18F2N2O2/c16-10-4-5-12(13(17)7-10)15-18-8-14(20)19(15)9-11-3-1-2-6-21-11/h4-5,7,11,15,18H,1-3,6,8-9H2. The molecule has 1 aromatic carbocycles. The molecule has 2 aliphatic rings. The van der Waals surface area contributed by atoms with E-state index < -0.39 is 17.8 Å². The first-order valence-corrected chi connectivity index (χ1v) is 7.24. The van der Waals surface area contributed by atoms with Crippen molar-refractivity contribution in [2.75, 3.05) is 19.7 Å². The van der Waals surface area contributed by atoms with Gasteiger partial charge in [-0.15, -0.1) is 0 Å². The third-order valence-electron chi connectivity index (χ3n) is 4.01. The van der Waals surface area contributed by atoms with Crippen LogP contribution in [0.25, 0.3) is 0 Å². The van der Waals surface area contributed by atoms with Crippen LogP contribution in [0.3, 0.4) is 0 Å². The van der Waals surface area contributed by atoms with Crippen LogP contribution in [0.2, 0.25) is 0 Å². The number of halogens is 2. The summed E-state index contributed by atoms with van der Waals surface area (Å²) >= 11 is 0. The van der Waals surface area contributed by atoms with E-state index in [9.17, 15) is 13.6 Å². The van der Waals surface area contributed by atoms with Crippen LogP contribution in [0.5, 0.6) is 0 Å². The van der Waals surface area contributed by atoms with Crippen LogP contribution >= 0.6 is 0 Å². The Kier molecular flexibility index (Phi) is 4.17. The highest BCUT2D eigenvalue weighted by molar-refractivity contribution is 5.81. The molecule has 3 rings (SSSR count). The lowest BCUT2D eigenvalue weighted by Crippen LogP contribution is -2.39. The maximum absolute atomic E-state index is 13.9. The van der Waals surface area contributed by atoms with Crippen molar-refractivity contribution in [2.45, 2.75) is 31.5 Å². The molecular formula is C15H18F2N2O2. The van der Waals surface area contributed by atoms with Crippen LogP contribution in [0.1, 0.15) is 31.0 Å². The minimum Gasteiger partial charge on any atom is -0.376 e. The summed E-state index contributed by atoms with van der Waals surface area (Å²) in [5.41, 5.74) is 0.290. The number of amides is 1. The molecule has 4 nitrogen and oxygen atoms in total. The summed E-state index contributed by atoms with van der Waals surface area (Å²) in [5.74, 6) is -1.35. The molecule has 2 atom stereocenters. The summed E-state index contributed by atoms with van der Waals surface area (Å²) in [4.78, 5) is 13.6. The van der Waals surface area contributed by atoms with Gasteiger partial charge in [0.25, 0.3) is 0 Å². The summed E-state index contributed by atoms with van der Waals surface area (Å²) in [6.45, 7) is 1.30. The fourth-order valence-corrected chi connectivity index (χ4v) is 2.92. The van der Waals surface area contributed by atoms with Crippen molar-refractivity contribution < 1.29 is 18.3 Å². The zero-order valence-electron chi connectivity index (χ0n) is 11.6. The number of nitrogens with zero attached hydrogens (tertiary/aromatic N) is 1. The predicted octanol–water partition coefficient (Wildman–Crippen LogP) is 1.96. The van der Waals surface area contributed by atoms with Gasteiger partial charge in [-0.3, -0.25) is 10.1 Å². The van der Waals surface area contributed by atoms with Crippen molar-refractivity contribution in [3.8, 4) is 0 Å². The first-order valence-electron chi connectivity index (χ1n) is 7.24. The van der Waals surface area contributed by atoms with Gasteiger partial charge in [0.05, 0.1) is 12.6 Å². The second kappa shape index (κ2) is 6.07. The molecule has 0 spiro atoms. The molecule has 6 heteroatoms. The van der Waals surface area contributed by atoms with E-state index in [4.69, 9.17) is 4.74 Å². The average molecular weight is 296 g/mol. The van der Waals surface area contributed by atoms with Crippen molar-refractivity contribution >= 4 is 5.91 Å². The Balaban J connectivity index is 1.78. The van der Waals surface area contributed by atoms with Gasteiger partial charge in [0.2, 0.25) is 5.91 Å². The fourth-order valence-electron chi connectivity index (χ4n) is 2.92. The quantitative estimate of drug-likeness (QED) is 0.927. The number of hydrogen-bond donors (Lipinski definition) is 1. The molecule has 0 bridgehead atoms. The van der Waals surface area contributed by atoms with Gasteiger partial charge in [-0.2, -0.15) is 0 Å². The number of rotatable bonds is 3. The molecule has 114 valence electrons. The molecule has 1 N–H and O–H groups in total. The second-order valence-electron chi connectivity index (χ2n) is 5.48. The van der Waals surface area contributed by atoms with Gasteiger partial charge in [0.1, 0.15) is 17.8 Å². The maximum atomic E-state index is 13.9. The van der Waals surface area contributed by atoms with Gasteiger partial charge < -0.3 is 9.64 Å². The van der Waals surface area contributed by atoms with Crippen molar-refractivity contribution in [2.24, 2.45) is 0 Å². The highest BCUT2D eigenvalue weighted by Gasteiger charge is 2.35. The molecule has 1 aromatic rings. The topological polar surface area (TPSA) is 41.6 Å². The Morgan fingerprint density at radius 3 is 2.90 bits per heavy atom. The molecule has 2 aliphatic heterocycles. The molecule has 2 unspecified atom stereocenters. The monoisotopic (exact) mass is 296 g/mol. The molecule has 2 fully saturated rings. The van der Waals surface area contributed by atoms with Crippen molar-refractivity contribution in [3.63, 3.8) is 0 Å². The Hall–Kier alpha value is -1.53. The summed E-state index contributed by atoms with van der Waals surface area (Å²) in [6, 6.07) is 3.43. The van der Waals surface area contributed by atoms with Gasteiger partial charge in [-0.25, -0.2) is 8.78 Å². The Bertz CT molecular complexity index is 532. The van der Waals surface area contributed by atoms with Gasteiger partial charge in [-0.05, 0) is 31.4 Å². The van der Waals surface area contributed by atoms with Gasteiger partial charge in [0.15, 0.2) is 0 Å². The number of ether oxygens (including phenoxy) is 1. The van der Waals surface area contributed by atoms with E-state index in [1.54, 1.807) is 4.90 Å². The zero-order valence-corrected chi connectivity index (χ0v) is 11.6. The molecule has 0 saturated carbocycles. The number of hydrogen-bond acceptors (Lipinski definition) is 3. The van der Waals surface area contributed by atoms with E-state index in [-0.39, 0.29) is 24.1 Å². The largest absolute Gasteiger partial charge is 0.376 e. The van der Waals surface area contributed by atoms with Crippen LogP contribution in [0.4, 0.5) is 8.78 Å². The smallest absolute Gasteiger partial charge is 0.238 e. The van der Waals surface area contributed by atoms with E-state index in [1.807, 2.05) is 0 Å². The highest BCUT2D eigenvalue weighted by Crippen LogP contribution is 2.27. The van der Waals surface area contributed by atoms with E-state index >= 15 is 0 Å². The summed E-state index contributed by atoms with van der Waals surface area (Å²) < 4.78 is 32.6. The Morgan fingerprint density at radius 2 is 2.19 bits per heavy atom. The lowest BCUT2D eigenvalue weighted by atomic mass is 10.1. The Labute approximate surface area is 122 Å². The minimum atomic E-state index is -0.642. The summed E-state index contributed by atoms with van der Waals surface area (Å²) in [5, 5.41) is 2.98. The maximum Gasteiger partial charge on any atom is 0.238 e. The number of carbonyl (C=O) groups excluding carboxylic acids is 1. The average Bonchev–Trinajstić information content (AvgIpc) is 2.82. The molecule has 1 amide bonds. The molecule has 21 heavy (non-hydrogen) atoms. The highest BCUT2D eigenvalue weighted by atomic mass is 19.1. The number of nitrogens with one attached hydrogen (secondary N) is 1. The number of carbonyl (C=O) groups is 1.